The van der Waals surface area contributed by atoms with Gasteiger partial charge in [0.2, 0.25) is 0 Å². The van der Waals surface area contributed by atoms with Gasteiger partial charge in [-0.3, -0.25) is 0 Å². The summed E-state index contributed by atoms with van der Waals surface area (Å²) < 4.78 is 0. The van der Waals surface area contributed by atoms with Crippen LogP contribution >= 0.6 is 11.6 Å². The molecule has 2 amide bonds. The summed E-state index contributed by atoms with van der Waals surface area (Å²) in [6.07, 6.45) is 2.51. The molecule has 1 aliphatic rings. The first-order valence-electron chi connectivity index (χ1n) is 5.11. The van der Waals surface area contributed by atoms with Gasteiger partial charge in [-0.05, 0) is 12.5 Å². The van der Waals surface area contributed by atoms with Gasteiger partial charge in [0, 0.05) is 23.7 Å². The van der Waals surface area contributed by atoms with Crippen LogP contribution in [0, 0.1) is 0 Å². The molecule has 0 unspecified atom stereocenters. The Kier molecular flexibility index (Phi) is 3.41. The number of hydrogen-bond acceptors (Lipinski definition) is 2. The van der Waals surface area contributed by atoms with E-state index in [-0.39, 0.29) is 6.03 Å². The van der Waals surface area contributed by atoms with Gasteiger partial charge in [-0.25, -0.2) is 9.80 Å². The maximum atomic E-state index is 11.4. The topological polar surface area (TPSA) is 44.7 Å². The van der Waals surface area contributed by atoms with Crippen LogP contribution in [-0.4, -0.2) is 30.3 Å². The van der Waals surface area contributed by atoms with Crippen molar-refractivity contribution in [2.24, 2.45) is 5.10 Å². The number of hydrazone groups is 1. The van der Waals surface area contributed by atoms with Crippen LogP contribution in [0.15, 0.2) is 29.4 Å². The van der Waals surface area contributed by atoms with E-state index in [1.54, 1.807) is 12.3 Å². The molecule has 0 saturated carbocycles. The molecule has 1 aromatic carbocycles. The molecule has 0 bridgehead atoms. The highest BCUT2D eigenvalue weighted by atomic mass is 35.5. The highest BCUT2D eigenvalue weighted by molar-refractivity contribution is 6.33. The number of benzene rings is 1. The van der Waals surface area contributed by atoms with Crippen LogP contribution in [0.2, 0.25) is 5.02 Å². The average molecular weight is 238 g/mol. The standard InChI is InChI=1S/C11H12ClN3O/c12-10-5-2-1-4-9(10)8-14-15-7-3-6-13-11(15)16/h1-2,4-5,8H,3,6-7H2,(H,13,16)/b14-8+. The normalized spacial score (nSPS) is 16.6. The summed E-state index contributed by atoms with van der Waals surface area (Å²) in [5.74, 6) is 0. The Labute approximate surface area is 98.9 Å². The molecule has 1 N–H and O–H groups in total. The molecule has 0 aromatic heterocycles. The number of amides is 2. The third kappa shape index (κ3) is 2.52. The third-order valence-corrected chi connectivity index (χ3v) is 2.64. The second-order valence-electron chi connectivity index (χ2n) is 3.47. The van der Waals surface area contributed by atoms with Crippen LogP contribution in [0.5, 0.6) is 0 Å². The minimum Gasteiger partial charge on any atom is -0.336 e. The zero-order valence-electron chi connectivity index (χ0n) is 8.69. The fraction of sp³-hybridized carbons (Fsp3) is 0.273. The Morgan fingerprint density at radius 3 is 3.00 bits per heavy atom. The summed E-state index contributed by atoms with van der Waals surface area (Å²) in [7, 11) is 0. The SMILES string of the molecule is O=C1NCCCN1/N=C/c1ccccc1Cl. The Morgan fingerprint density at radius 1 is 1.44 bits per heavy atom. The first kappa shape index (κ1) is 11.0. The molecule has 84 valence electrons. The van der Waals surface area contributed by atoms with Crippen LogP contribution in [0.1, 0.15) is 12.0 Å². The molecule has 0 spiro atoms. The van der Waals surface area contributed by atoms with Crippen molar-refractivity contribution in [3.05, 3.63) is 34.9 Å². The van der Waals surface area contributed by atoms with Gasteiger partial charge in [-0.15, -0.1) is 0 Å². The van der Waals surface area contributed by atoms with Gasteiger partial charge < -0.3 is 5.32 Å². The molecule has 1 saturated heterocycles. The summed E-state index contributed by atoms with van der Waals surface area (Å²) in [6, 6.07) is 7.22. The van der Waals surface area contributed by atoms with E-state index in [4.69, 9.17) is 11.6 Å². The second-order valence-corrected chi connectivity index (χ2v) is 3.88. The molecule has 1 heterocycles. The number of urea groups is 1. The molecule has 4 nitrogen and oxygen atoms in total. The number of rotatable bonds is 2. The van der Waals surface area contributed by atoms with E-state index in [2.05, 4.69) is 10.4 Å². The molecular weight excluding hydrogens is 226 g/mol. The smallest absolute Gasteiger partial charge is 0.336 e. The highest BCUT2D eigenvalue weighted by Gasteiger charge is 2.15. The molecule has 5 heteroatoms. The quantitative estimate of drug-likeness (QED) is 0.787. The van der Waals surface area contributed by atoms with E-state index >= 15 is 0 Å². The van der Waals surface area contributed by atoms with E-state index in [1.165, 1.54) is 5.01 Å². The molecule has 1 fully saturated rings. The average Bonchev–Trinajstić information content (AvgIpc) is 2.30. The van der Waals surface area contributed by atoms with Crippen molar-refractivity contribution in [2.75, 3.05) is 13.1 Å². The fourth-order valence-corrected chi connectivity index (χ4v) is 1.62. The molecule has 0 atom stereocenters. The van der Waals surface area contributed by atoms with Crippen molar-refractivity contribution in [1.29, 1.82) is 0 Å². The lowest BCUT2D eigenvalue weighted by atomic mass is 10.2. The Bertz CT molecular complexity index is 419. The van der Waals surface area contributed by atoms with Crippen molar-refractivity contribution in [2.45, 2.75) is 6.42 Å². The van der Waals surface area contributed by atoms with Crippen molar-refractivity contribution in [3.63, 3.8) is 0 Å². The largest absolute Gasteiger partial charge is 0.337 e. The second kappa shape index (κ2) is 4.99. The molecule has 1 aliphatic heterocycles. The first-order valence-corrected chi connectivity index (χ1v) is 5.49. The first-order chi connectivity index (χ1) is 7.77. The van der Waals surface area contributed by atoms with Crippen LogP contribution in [0.25, 0.3) is 0 Å². The van der Waals surface area contributed by atoms with Crippen LogP contribution < -0.4 is 5.32 Å². The van der Waals surface area contributed by atoms with Gasteiger partial charge in [0.1, 0.15) is 0 Å². The van der Waals surface area contributed by atoms with Crippen LogP contribution in [0.4, 0.5) is 4.79 Å². The molecule has 2 rings (SSSR count). The maximum Gasteiger partial charge on any atom is 0.337 e. The van der Waals surface area contributed by atoms with Gasteiger partial charge >= 0.3 is 6.03 Å². The number of carbonyl (C=O) groups is 1. The van der Waals surface area contributed by atoms with Crippen LogP contribution in [-0.2, 0) is 0 Å². The zero-order chi connectivity index (χ0) is 11.4. The number of halogens is 1. The lowest BCUT2D eigenvalue weighted by Crippen LogP contribution is -2.43. The van der Waals surface area contributed by atoms with E-state index in [0.29, 0.717) is 11.6 Å². The predicted octanol–water partition coefficient (Wildman–Crippen LogP) is 2.09. The Hall–Kier alpha value is -1.55. The maximum absolute atomic E-state index is 11.4. The Balaban J connectivity index is 2.09. The number of carbonyl (C=O) groups excluding carboxylic acids is 1. The molecule has 16 heavy (non-hydrogen) atoms. The third-order valence-electron chi connectivity index (χ3n) is 2.30. The minimum atomic E-state index is -0.158. The number of nitrogens with one attached hydrogen (secondary N) is 1. The summed E-state index contributed by atoms with van der Waals surface area (Å²) >= 11 is 5.97. The van der Waals surface area contributed by atoms with E-state index in [9.17, 15) is 4.79 Å². The summed E-state index contributed by atoms with van der Waals surface area (Å²) in [6.45, 7) is 1.36. The lowest BCUT2D eigenvalue weighted by Gasteiger charge is -2.22. The number of hydrogen-bond donors (Lipinski definition) is 1. The van der Waals surface area contributed by atoms with Crippen molar-refractivity contribution < 1.29 is 4.79 Å². The molecule has 0 radical (unpaired) electrons. The van der Waals surface area contributed by atoms with Gasteiger partial charge in [0.05, 0.1) is 6.21 Å². The lowest BCUT2D eigenvalue weighted by molar-refractivity contribution is 0.189. The van der Waals surface area contributed by atoms with Gasteiger partial charge in [0.15, 0.2) is 0 Å². The zero-order valence-corrected chi connectivity index (χ0v) is 9.44. The number of nitrogens with zero attached hydrogens (tertiary/aromatic N) is 2. The van der Waals surface area contributed by atoms with Crippen molar-refractivity contribution in [1.82, 2.24) is 10.3 Å². The fourth-order valence-electron chi connectivity index (χ4n) is 1.44. The van der Waals surface area contributed by atoms with Gasteiger partial charge in [0.25, 0.3) is 0 Å². The predicted molar refractivity (Wildman–Crippen MR) is 63.8 cm³/mol. The Morgan fingerprint density at radius 2 is 2.25 bits per heavy atom. The monoisotopic (exact) mass is 237 g/mol. The van der Waals surface area contributed by atoms with Crippen LogP contribution in [0.3, 0.4) is 0 Å². The van der Waals surface area contributed by atoms with Gasteiger partial charge in [-0.1, -0.05) is 29.8 Å². The van der Waals surface area contributed by atoms with E-state index < -0.39 is 0 Å². The van der Waals surface area contributed by atoms with E-state index in [0.717, 1.165) is 18.5 Å². The minimum absolute atomic E-state index is 0.158. The van der Waals surface area contributed by atoms with Gasteiger partial charge in [-0.2, -0.15) is 5.10 Å². The molecular formula is C11H12ClN3O. The van der Waals surface area contributed by atoms with E-state index in [1.807, 2.05) is 18.2 Å². The highest BCUT2D eigenvalue weighted by Crippen LogP contribution is 2.12. The van der Waals surface area contributed by atoms with Crippen molar-refractivity contribution >= 4 is 23.8 Å². The molecule has 0 aliphatic carbocycles. The summed E-state index contributed by atoms with van der Waals surface area (Å²) in [5, 5.41) is 8.87. The molecule has 1 aromatic rings. The van der Waals surface area contributed by atoms with Crippen molar-refractivity contribution in [3.8, 4) is 0 Å². The summed E-state index contributed by atoms with van der Waals surface area (Å²) in [5.41, 5.74) is 0.808. The summed E-state index contributed by atoms with van der Waals surface area (Å²) in [4.78, 5) is 11.4.